The molecule has 0 N–H and O–H groups in total. The third-order valence-electron chi connectivity index (χ3n) is 3.44. The van der Waals surface area contributed by atoms with Crippen molar-refractivity contribution in [3.05, 3.63) is 40.9 Å². The van der Waals surface area contributed by atoms with Crippen LogP contribution in [0.5, 0.6) is 0 Å². The molecule has 3 aromatic heterocycles. The van der Waals surface area contributed by atoms with E-state index in [1.165, 1.54) is 18.1 Å². The highest BCUT2D eigenvalue weighted by Crippen LogP contribution is 2.35. The number of hydrogen-bond acceptors (Lipinski definition) is 8. The van der Waals surface area contributed by atoms with Crippen molar-refractivity contribution in [2.45, 2.75) is 14.5 Å². The summed E-state index contributed by atoms with van der Waals surface area (Å²) in [6.45, 7) is 0. The number of hydrogen-bond donors (Lipinski definition) is 0. The van der Waals surface area contributed by atoms with E-state index in [-0.39, 0.29) is 5.56 Å². The minimum absolute atomic E-state index is 0.0671. The van der Waals surface area contributed by atoms with Gasteiger partial charge in [-0.2, -0.15) is 0 Å². The lowest BCUT2D eigenvalue weighted by molar-refractivity contribution is 0.725. The lowest BCUT2D eigenvalue weighted by Gasteiger charge is -2.08. The van der Waals surface area contributed by atoms with Crippen LogP contribution in [0.3, 0.4) is 0 Å². The van der Waals surface area contributed by atoms with E-state index in [2.05, 4.69) is 19.9 Å². The summed E-state index contributed by atoms with van der Waals surface area (Å²) in [6.07, 6.45) is 3.47. The molecule has 0 unspecified atom stereocenters. The number of rotatable bonds is 3. The van der Waals surface area contributed by atoms with Crippen LogP contribution in [0.2, 0.25) is 0 Å². The highest BCUT2D eigenvalue weighted by atomic mass is 32.2. The van der Waals surface area contributed by atoms with Gasteiger partial charge in [0.05, 0.1) is 10.9 Å². The van der Waals surface area contributed by atoms with Gasteiger partial charge in [0.1, 0.15) is 16.1 Å². The van der Waals surface area contributed by atoms with Gasteiger partial charge in [-0.15, -0.1) is 11.3 Å². The third kappa shape index (κ3) is 2.58. The zero-order valence-electron chi connectivity index (χ0n) is 12.8. The quantitative estimate of drug-likeness (QED) is 0.310. The first-order valence-electron chi connectivity index (χ1n) is 6.96. The SMILES string of the molecule is CSc1nc2ncnc(Sc3nc4ccccc4c(=O)n3C)c2s1. The number of nitrogens with zero attached hydrogens (tertiary/aromatic N) is 5. The van der Waals surface area contributed by atoms with Gasteiger partial charge in [0.25, 0.3) is 5.56 Å². The fourth-order valence-corrected chi connectivity index (χ4v) is 4.72. The van der Waals surface area contributed by atoms with Gasteiger partial charge in [-0.05, 0) is 30.2 Å². The standard InChI is InChI=1S/C15H11N5OS3/c1-20-13(21)8-5-3-4-6-9(8)18-14(20)24-12-10-11(16-7-17-12)19-15(22-2)23-10/h3-7H,1-2H3. The van der Waals surface area contributed by atoms with Gasteiger partial charge in [-0.25, -0.2) is 19.9 Å². The minimum Gasteiger partial charge on any atom is -0.290 e. The molecule has 4 rings (SSSR count). The normalized spacial score (nSPS) is 11.4. The second kappa shape index (κ2) is 6.15. The molecule has 1 aromatic carbocycles. The van der Waals surface area contributed by atoms with Gasteiger partial charge in [0.15, 0.2) is 15.1 Å². The molecule has 0 aliphatic rings. The Labute approximate surface area is 149 Å². The molecule has 6 nitrogen and oxygen atoms in total. The number of fused-ring (bicyclic) bond motifs is 2. The van der Waals surface area contributed by atoms with Gasteiger partial charge in [-0.1, -0.05) is 23.9 Å². The van der Waals surface area contributed by atoms with Crippen molar-refractivity contribution < 1.29 is 0 Å². The van der Waals surface area contributed by atoms with Gasteiger partial charge in [-0.3, -0.25) is 9.36 Å². The molecular weight excluding hydrogens is 362 g/mol. The molecule has 0 saturated carbocycles. The van der Waals surface area contributed by atoms with Crippen LogP contribution in [-0.2, 0) is 7.05 Å². The molecule has 0 amide bonds. The molecule has 0 radical (unpaired) electrons. The van der Waals surface area contributed by atoms with E-state index in [0.29, 0.717) is 21.7 Å². The van der Waals surface area contributed by atoms with Gasteiger partial charge < -0.3 is 0 Å². The van der Waals surface area contributed by atoms with E-state index in [1.807, 2.05) is 24.5 Å². The largest absolute Gasteiger partial charge is 0.290 e. The number of thiazole rings is 1. The fraction of sp³-hybridized carbons (Fsp3) is 0.133. The molecule has 0 atom stereocenters. The summed E-state index contributed by atoms with van der Waals surface area (Å²) in [4.78, 5) is 30.2. The predicted octanol–water partition coefficient (Wildman–Crippen LogP) is 3.21. The average molecular weight is 373 g/mol. The first-order chi connectivity index (χ1) is 11.7. The second-order valence-electron chi connectivity index (χ2n) is 4.89. The number of benzene rings is 1. The van der Waals surface area contributed by atoms with Crippen LogP contribution in [0, 0.1) is 0 Å². The number of para-hydroxylation sites is 1. The van der Waals surface area contributed by atoms with Crippen molar-refractivity contribution in [2.24, 2.45) is 7.05 Å². The summed E-state index contributed by atoms with van der Waals surface area (Å²) in [7, 11) is 1.72. The zero-order chi connectivity index (χ0) is 16.7. The molecule has 3 heterocycles. The summed E-state index contributed by atoms with van der Waals surface area (Å²) in [6, 6.07) is 7.35. The monoisotopic (exact) mass is 373 g/mol. The Morgan fingerprint density at radius 3 is 2.83 bits per heavy atom. The maximum Gasteiger partial charge on any atom is 0.261 e. The molecule has 0 bridgehead atoms. The summed E-state index contributed by atoms with van der Waals surface area (Å²) in [5.74, 6) is 0. The summed E-state index contributed by atoms with van der Waals surface area (Å²) < 4.78 is 3.40. The molecule has 0 spiro atoms. The van der Waals surface area contributed by atoms with Crippen LogP contribution >= 0.6 is 34.9 Å². The smallest absolute Gasteiger partial charge is 0.261 e. The predicted molar refractivity (Wildman–Crippen MR) is 98.1 cm³/mol. The first-order valence-corrected chi connectivity index (χ1v) is 9.82. The van der Waals surface area contributed by atoms with E-state index < -0.39 is 0 Å². The lowest BCUT2D eigenvalue weighted by Crippen LogP contribution is -2.19. The molecule has 0 saturated heterocycles. The Kier molecular flexibility index (Phi) is 3.99. The van der Waals surface area contributed by atoms with Gasteiger partial charge in [0, 0.05) is 7.05 Å². The Balaban J connectivity index is 1.87. The highest BCUT2D eigenvalue weighted by molar-refractivity contribution is 8.00. The second-order valence-corrected chi connectivity index (χ2v) is 7.90. The summed E-state index contributed by atoms with van der Waals surface area (Å²) >= 11 is 4.48. The van der Waals surface area contributed by atoms with Crippen molar-refractivity contribution >= 4 is 56.1 Å². The van der Waals surface area contributed by atoms with Crippen LogP contribution in [0.4, 0.5) is 0 Å². The Morgan fingerprint density at radius 2 is 2.00 bits per heavy atom. The third-order valence-corrected chi connectivity index (χ3v) is 6.66. The van der Waals surface area contributed by atoms with Crippen molar-refractivity contribution in [3.8, 4) is 0 Å². The van der Waals surface area contributed by atoms with Gasteiger partial charge >= 0.3 is 0 Å². The maximum atomic E-state index is 12.5. The van der Waals surface area contributed by atoms with Crippen LogP contribution < -0.4 is 5.56 Å². The molecular formula is C15H11N5OS3. The fourth-order valence-electron chi connectivity index (χ4n) is 2.25. The van der Waals surface area contributed by atoms with Crippen molar-refractivity contribution in [2.75, 3.05) is 6.26 Å². The van der Waals surface area contributed by atoms with E-state index in [1.54, 1.807) is 40.8 Å². The van der Waals surface area contributed by atoms with Crippen LogP contribution in [-0.4, -0.2) is 30.8 Å². The summed E-state index contributed by atoms with van der Waals surface area (Å²) in [5.41, 5.74) is 1.29. The molecule has 24 heavy (non-hydrogen) atoms. The minimum atomic E-state index is -0.0671. The molecule has 0 aliphatic carbocycles. The molecule has 4 aromatic rings. The van der Waals surface area contributed by atoms with Crippen LogP contribution in [0.15, 0.2) is 49.9 Å². The number of aromatic nitrogens is 5. The van der Waals surface area contributed by atoms with E-state index in [0.717, 1.165) is 14.1 Å². The van der Waals surface area contributed by atoms with E-state index in [9.17, 15) is 4.79 Å². The van der Waals surface area contributed by atoms with Crippen molar-refractivity contribution in [3.63, 3.8) is 0 Å². The van der Waals surface area contributed by atoms with Gasteiger partial charge in [0.2, 0.25) is 0 Å². The lowest BCUT2D eigenvalue weighted by atomic mass is 10.2. The van der Waals surface area contributed by atoms with E-state index >= 15 is 0 Å². The average Bonchev–Trinajstić information content (AvgIpc) is 3.04. The van der Waals surface area contributed by atoms with Crippen molar-refractivity contribution in [1.29, 1.82) is 0 Å². The zero-order valence-corrected chi connectivity index (χ0v) is 15.2. The molecule has 9 heteroatoms. The maximum absolute atomic E-state index is 12.5. The Bertz CT molecular complexity index is 1120. The van der Waals surface area contributed by atoms with Crippen LogP contribution in [0.1, 0.15) is 0 Å². The Hall–Kier alpha value is -1.97. The number of thioether (sulfide) groups is 1. The summed E-state index contributed by atoms with van der Waals surface area (Å²) in [5, 5.41) is 1.97. The Morgan fingerprint density at radius 1 is 1.17 bits per heavy atom. The topological polar surface area (TPSA) is 73.6 Å². The molecule has 120 valence electrons. The molecule has 0 aliphatic heterocycles. The van der Waals surface area contributed by atoms with E-state index in [4.69, 9.17) is 0 Å². The molecule has 0 fully saturated rings. The first kappa shape index (κ1) is 15.6. The van der Waals surface area contributed by atoms with Crippen LogP contribution in [0.25, 0.3) is 21.3 Å². The highest BCUT2D eigenvalue weighted by Gasteiger charge is 2.15. The van der Waals surface area contributed by atoms with Crippen molar-refractivity contribution in [1.82, 2.24) is 24.5 Å².